The van der Waals surface area contributed by atoms with Gasteiger partial charge in [0.25, 0.3) is 11.5 Å². The van der Waals surface area contributed by atoms with E-state index in [4.69, 9.17) is 0 Å². The lowest BCUT2D eigenvalue weighted by Gasteiger charge is -2.11. The standard InChI is InChI=1S/C18H21N3O2/c1-12-4-3-5-13(2)17(12)18(23)19-10-11-21-16(22)9-8-15(20-21)14-6-7-14/h3-5,8-9,14H,6-7,10-11H2,1-2H3,(H,19,23). The first-order valence-corrected chi connectivity index (χ1v) is 7.99. The largest absolute Gasteiger partial charge is 0.350 e. The Kier molecular flexibility index (Phi) is 4.28. The van der Waals surface area contributed by atoms with E-state index in [1.807, 2.05) is 38.1 Å². The van der Waals surface area contributed by atoms with Crippen LogP contribution in [0.25, 0.3) is 0 Å². The molecule has 120 valence electrons. The van der Waals surface area contributed by atoms with Crippen LogP contribution in [0.1, 0.15) is 45.9 Å². The van der Waals surface area contributed by atoms with Gasteiger partial charge in [-0.1, -0.05) is 18.2 Å². The summed E-state index contributed by atoms with van der Waals surface area (Å²) in [6, 6.07) is 9.16. The molecule has 1 aliphatic rings. The number of carbonyl (C=O) groups is 1. The highest BCUT2D eigenvalue weighted by Gasteiger charge is 2.25. The van der Waals surface area contributed by atoms with Gasteiger partial charge in [-0.3, -0.25) is 9.59 Å². The maximum Gasteiger partial charge on any atom is 0.266 e. The lowest BCUT2D eigenvalue weighted by molar-refractivity contribution is 0.0950. The quantitative estimate of drug-likeness (QED) is 0.920. The number of benzene rings is 1. The molecule has 1 heterocycles. The SMILES string of the molecule is Cc1cccc(C)c1C(=O)NCCn1nc(C2CC2)ccc1=O. The number of nitrogens with zero attached hydrogens (tertiary/aromatic N) is 2. The highest BCUT2D eigenvalue weighted by molar-refractivity contribution is 5.97. The van der Waals surface area contributed by atoms with E-state index in [1.165, 1.54) is 4.68 Å². The van der Waals surface area contributed by atoms with E-state index in [2.05, 4.69) is 10.4 Å². The Bertz CT molecular complexity index is 771. The fourth-order valence-electron chi connectivity index (χ4n) is 2.76. The first-order chi connectivity index (χ1) is 11.1. The van der Waals surface area contributed by atoms with Gasteiger partial charge in [-0.2, -0.15) is 5.10 Å². The van der Waals surface area contributed by atoms with Crippen LogP contribution in [0.5, 0.6) is 0 Å². The first kappa shape index (κ1) is 15.5. The lowest BCUT2D eigenvalue weighted by atomic mass is 10.0. The Morgan fingerprint density at radius 2 is 1.91 bits per heavy atom. The molecule has 3 rings (SSSR count). The molecule has 1 aromatic heterocycles. The Hall–Kier alpha value is -2.43. The summed E-state index contributed by atoms with van der Waals surface area (Å²) in [4.78, 5) is 24.2. The topological polar surface area (TPSA) is 64.0 Å². The molecule has 23 heavy (non-hydrogen) atoms. The van der Waals surface area contributed by atoms with Gasteiger partial charge in [-0.15, -0.1) is 0 Å². The van der Waals surface area contributed by atoms with Crippen molar-refractivity contribution in [2.24, 2.45) is 0 Å². The Balaban J connectivity index is 1.64. The zero-order valence-corrected chi connectivity index (χ0v) is 13.5. The van der Waals surface area contributed by atoms with Crippen molar-refractivity contribution in [1.29, 1.82) is 0 Å². The molecule has 1 N–H and O–H groups in total. The monoisotopic (exact) mass is 311 g/mol. The number of amides is 1. The first-order valence-electron chi connectivity index (χ1n) is 7.99. The van der Waals surface area contributed by atoms with E-state index >= 15 is 0 Å². The van der Waals surface area contributed by atoms with Gasteiger partial charge in [-0.25, -0.2) is 4.68 Å². The van der Waals surface area contributed by atoms with Crippen LogP contribution in [0.4, 0.5) is 0 Å². The molecular weight excluding hydrogens is 290 g/mol. The zero-order chi connectivity index (χ0) is 16.4. The van der Waals surface area contributed by atoms with Gasteiger partial charge in [0, 0.05) is 24.1 Å². The van der Waals surface area contributed by atoms with Gasteiger partial charge in [-0.05, 0) is 43.9 Å². The molecule has 0 radical (unpaired) electrons. The van der Waals surface area contributed by atoms with E-state index < -0.39 is 0 Å². The molecule has 0 spiro atoms. The second kappa shape index (κ2) is 6.36. The molecule has 1 fully saturated rings. The molecule has 0 unspecified atom stereocenters. The number of aryl methyl sites for hydroxylation is 2. The Labute approximate surface area is 135 Å². The third-order valence-electron chi connectivity index (χ3n) is 4.20. The van der Waals surface area contributed by atoms with Crippen LogP contribution in [0.2, 0.25) is 0 Å². The second-order valence-electron chi connectivity index (χ2n) is 6.12. The fourth-order valence-corrected chi connectivity index (χ4v) is 2.76. The summed E-state index contributed by atoms with van der Waals surface area (Å²) in [5.74, 6) is 0.401. The molecule has 1 amide bonds. The highest BCUT2D eigenvalue weighted by Crippen LogP contribution is 2.38. The highest BCUT2D eigenvalue weighted by atomic mass is 16.2. The van der Waals surface area contributed by atoms with E-state index in [-0.39, 0.29) is 11.5 Å². The van der Waals surface area contributed by atoms with Crippen molar-refractivity contribution < 1.29 is 4.79 Å². The smallest absolute Gasteiger partial charge is 0.266 e. The van der Waals surface area contributed by atoms with Crippen LogP contribution < -0.4 is 10.9 Å². The second-order valence-corrected chi connectivity index (χ2v) is 6.12. The molecule has 1 aliphatic carbocycles. The molecular formula is C18H21N3O2. The van der Waals surface area contributed by atoms with Crippen LogP contribution >= 0.6 is 0 Å². The number of hydrogen-bond donors (Lipinski definition) is 1. The average molecular weight is 311 g/mol. The fraction of sp³-hybridized carbons (Fsp3) is 0.389. The number of carbonyl (C=O) groups excluding carboxylic acids is 1. The number of hydrogen-bond acceptors (Lipinski definition) is 3. The minimum atomic E-state index is -0.129. The molecule has 0 saturated heterocycles. The van der Waals surface area contributed by atoms with Crippen molar-refractivity contribution in [3.8, 4) is 0 Å². The van der Waals surface area contributed by atoms with Crippen molar-refractivity contribution in [3.05, 3.63) is 63.1 Å². The maximum absolute atomic E-state index is 12.3. The van der Waals surface area contributed by atoms with E-state index in [0.29, 0.717) is 24.6 Å². The third-order valence-corrected chi connectivity index (χ3v) is 4.20. The van der Waals surface area contributed by atoms with Crippen molar-refractivity contribution >= 4 is 5.91 Å². The van der Waals surface area contributed by atoms with Crippen LogP contribution in [-0.2, 0) is 6.54 Å². The molecule has 0 aliphatic heterocycles. The summed E-state index contributed by atoms with van der Waals surface area (Å²) in [5, 5.41) is 7.27. The van der Waals surface area contributed by atoms with Gasteiger partial charge in [0.1, 0.15) is 0 Å². The van der Waals surface area contributed by atoms with Crippen molar-refractivity contribution in [2.45, 2.75) is 39.2 Å². The number of rotatable bonds is 5. The van der Waals surface area contributed by atoms with Crippen molar-refractivity contribution in [3.63, 3.8) is 0 Å². The number of aromatic nitrogens is 2. The van der Waals surface area contributed by atoms with Gasteiger partial charge in [0.05, 0.1) is 12.2 Å². The summed E-state index contributed by atoms with van der Waals surface area (Å²) in [5.41, 5.74) is 3.46. The minimum Gasteiger partial charge on any atom is -0.350 e. The normalized spacial score (nSPS) is 13.8. The summed E-state index contributed by atoms with van der Waals surface area (Å²) < 4.78 is 1.44. The predicted octanol–water partition coefficient (Wildman–Crippen LogP) is 2.17. The number of nitrogens with one attached hydrogen (secondary N) is 1. The maximum atomic E-state index is 12.3. The van der Waals surface area contributed by atoms with Crippen molar-refractivity contribution in [1.82, 2.24) is 15.1 Å². The van der Waals surface area contributed by atoms with Crippen LogP contribution in [0, 0.1) is 13.8 Å². The average Bonchev–Trinajstić information content (AvgIpc) is 3.34. The molecule has 5 heteroatoms. The molecule has 0 bridgehead atoms. The Morgan fingerprint density at radius 3 is 2.57 bits per heavy atom. The van der Waals surface area contributed by atoms with Crippen LogP contribution in [-0.4, -0.2) is 22.2 Å². The van der Waals surface area contributed by atoms with Crippen LogP contribution in [0.3, 0.4) is 0 Å². The van der Waals surface area contributed by atoms with Gasteiger partial charge >= 0.3 is 0 Å². The molecule has 2 aromatic rings. The van der Waals surface area contributed by atoms with E-state index in [9.17, 15) is 9.59 Å². The summed E-state index contributed by atoms with van der Waals surface area (Å²) in [7, 11) is 0. The van der Waals surface area contributed by atoms with Crippen molar-refractivity contribution in [2.75, 3.05) is 6.54 Å². The molecule has 0 atom stereocenters. The van der Waals surface area contributed by atoms with Gasteiger partial charge in [0.2, 0.25) is 0 Å². The predicted molar refractivity (Wildman–Crippen MR) is 88.7 cm³/mol. The molecule has 1 saturated carbocycles. The Morgan fingerprint density at radius 1 is 1.22 bits per heavy atom. The van der Waals surface area contributed by atoms with E-state index in [0.717, 1.165) is 29.7 Å². The summed E-state index contributed by atoms with van der Waals surface area (Å²) in [6.45, 7) is 4.61. The summed E-state index contributed by atoms with van der Waals surface area (Å²) >= 11 is 0. The molecule has 1 aromatic carbocycles. The van der Waals surface area contributed by atoms with E-state index in [1.54, 1.807) is 6.07 Å². The minimum absolute atomic E-state index is 0.105. The lowest BCUT2D eigenvalue weighted by Crippen LogP contribution is -2.32. The zero-order valence-electron chi connectivity index (χ0n) is 13.5. The van der Waals surface area contributed by atoms with Crippen LogP contribution in [0.15, 0.2) is 35.1 Å². The summed E-state index contributed by atoms with van der Waals surface area (Å²) in [6.07, 6.45) is 2.29. The molecule has 5 nitrogen and oxygen atoms in total. The third kappa shape index (κ3) is 3.50. The van der Waals surface area contributed by atoms with Gasteiger partial charge < -0.3 is 5.32 Å². The van der Waals surface area contributed by atoms with Gasteiger partial charge in [0.15, 0.2) is 0 Å².